The smallest absolute Gasteiger partial charge is 0.296 e. The minimum atomic E-state index is -5.21. The topological polar surface area (TPSA) is 199 Å². The van der Waals surface area contributed by atoms with Crippen molar-refractivity contribution >= 4 is 31.6 Å². The van der Waals surface area contributed by atoms with Gasteiger partial charge >= 0.3 is 0 Å². The van der Waals surface area contributed by atoms with Gasteiger partial charge in [-0.1, -0.05) is 42.5 Å². The Morgan fingerprint density at radius 3 is 1.97 bits per heavy atom. The van der Waals surface area contributed by atoms with E-state index >= 15 is 0 Å². The van der Waals surface area contributed by atoms with Gasteiger partial charge in [0.1, 0.15) is 9.79 Å². The molecule has 0 atom stereocenters. The lowest BCUT2D eigenvalue weighted by Gasteiger charge is -2.16. The van der Waals surface area contributed by atoms with Crippen molar-refractivity contribution in [3.05, 3.63) is 65.9 Å². The highest BCUT2D eigenvalue weighted by Gasteiger charge is 2.32. The van der Waals surface area contributed by atoms with Crippen molar-refractivity contribution in [1.29, 1.82) is 0 Å². The third-order valence-corrected chi connectivity index (χ3v) is 6.08. The molecule has 0 aliphatic heterocycles. The van der Waals surface area contributed by atoms with Crippen molar-refractivity contribution < 1.29 is 25.9 Å². The standard InChI is InChI=1S/C17H15N5O6S2/c18-14(10-4-2-1-3-5-10)15(19)12-7-6-11(13-8-9-20-22-21-13)16(29(23,24)25)17(12)30(26,27)28/h1-9H,18-19H2,(H,23,24,25)(H,26,27,28). The molecule has 0 spiro atoms. The van der Waals surface area contributed by atoms with Gasteiger partial charge in [0.2, 0.25) is 0 Å². The number of aromatic nitrogens is 3. The van der Waals surface area contributed by atoms with Gasteiger partial charge in [0, 0.05) is 11.1 Å². The van der Waals surface area contributed by atoms with Crippen molar-refractivity contribution in [2.75, 3.05) is 0 Å². The Morgan fingerprint density at radius 2 is 1.43 bits per heavy atom. The van der Waals surface area contributed by atoms with Crippen LogP contribution in [0.2, 0.25) is 0 Å². The Balaban J connectivity index is 2.45. The highest BCUT2D eigenvalue weighted by molar-refractivity contribution is 7.89. The Bertz CT molecular complexity index is 1340. The number of benzene rings is 2. The van der Waals surface area contributed by atoms with E-state index in [2.05, 4.69) is 15.4 Å². The van der Waals surface area contributed by atoms with Crippen LogP contribution in [0.1, 0.15) is 11.1 Å². The van der Waals surface area contributed by atoms with Gasteiger partial charge in [-0.15, -0.1) is 10.2 Å². The number of hydrogen-bond donors (Lipinski definition) is 4. The third kappa shape index (κ3) is 4.13. The second kappa shape index (κ2) is 7.79. The molecule has 3 aromatic rings. The van der Waals surface area contributed by atoms with E-state index in [1.165, 1.54) is 12.3 Å². The summed E-state index contributed by atoms with van der Waals surface area (Å²) < 4.78 is 68.2. The van der Waals surface area contributed by atoms with E-state index in [0.717, 1.165) is 12.1 Å². The largest absolute Gasteiger partial charge is 0.397 e. The van der Waals surface area contributed by atoms with Crippen molar-refractivity contribution in [3.63, 3.8) is 0 Å². The molecule has 30 heavy (non-hydrogen) atoms. The van der Waals surface area contributed by atoms with Gasteiger partial charge in [0.05, 0.1) is 23.3 Å². The van der Waals surface area contributed by atoms with Crippen molar-refractivity contribution in [2.45, 2.75) is 9.79 Å². The quantitative estimate of drug-likeness (QED) is 0.317. The fourth-order valence-electron chi connectivity index (χ4n) is 2.79. The van der Waals surface area contributed by atoms with Gasteiger partial charge in [0.15, 0.2) is 0 Å². The van der Waals surface area contributed by atoms with Crippen LogP contribution < -0.4 is 11.5 Å². The van der Waals surface area contributed by atoms with E-state index in [9.17, 15) is 25.9 Å². The summed E-state index contributed by atoms with van der Waals surface area (Å²) in [7, 11) is -10.4. The lowest BCUT2D eigenvalue weighted by Crippen LogP contribution is -2.17. The maximum Gasteiger partial charge on any atom is 0.296 e. The van der Waals surface area contributed by atoms with Crippen LogP contribution in [0.15, 0.2) is 64.5 Å². The van der Waals surface area contributed by atoms with Crippen molar-refractivity contribution in [1.82, 2.24) is 15.4 Å². The molecular weight excluding hydrogens is 434 g/mol. The van der Waals surface area contributed by atoms with Crippen LogP contribution in [0.4, 0.5) is 0 Å². The molecule has 0 bridgehead atoms. The molecule has 1 aromatic heterocycles. The first kappa shape index (κ1) is 21.3. The van der Waals surface area contributed by atoms with Gasteiger partial charge in [0.25, 0.3) is 20.2 Å². The summed E-state index contributed by atoms with van der Waals surface area (Å²) in [5, 5.41) is 10.4. The summed E-state index contributed by atoms with van der Waals surface area (Å²) in [5.41, 5.74) is 11.2. The maximum absolute atomic E-state index is 12.2. The van der Waals surface area contributed by atoms with Crippen LogP contribution in [0, 0.1) is 0 Å². The van der Waals surface area contributed by atoms with Gasteiger partial charge in [-0.2, -0.15) is 16.8 Å². The zero-order valence-corrected chi connectivity index (χ0v) is 16.7. The first-order chi connectivity index (χ1) is 14.0. The maximum atomic E-state index is 12.2. The highest BCUT2D eigenvalue weighted by atomic mass is 32.2. The van der Waals surface area contributed by atoms with Crippen LogP contribution >= 0.6 is 0 Å². The molecule has 0 fully saturated rings. The molecule has 0 saturated carbocycles. The highest BCUT2D eigenvalue weighted by Crippen LogP contribution is 2.36. The molecule has 6 N–H and O–H groups in total. The van der Waals surface area contributed by atoms with Gasteiger partial charge in [-0.3, -0.25) is 9.11 Å². The predicted molar refractivity (Wildman–Crippen MR) is 107 cm³/mol. The minimum absolute atomic E-state index is 0.0711. The number of nitrogens with zero attached hydrogens (tertiary/aromatic N) is 3. The molecule has 3 rings (SSSR count). The molecule has 13 heteroatoms. The molecule has 0 amide bonds. The van der Waals surface area contributed by atoms with Crippen molar-refractivity contribution in [2.24, 2.45) is 11.5 Å². The van der Waals surface area contributed by atoms with Crippen molar-refractivity contribution in [3.8, 4) is 11.3 Å². The molecule has 156 valence electrons. The SMILES string of the molecule is NC(=C(N)c1ccc(-c2ccnnn2)c(S(=O)(=O)O)c1S(=O)(=O)O)c1ccccc1. The van der Waals surface area contributed by atoms with Crippen LogP contribution in [0.25, 0.3) is 22.7 Å². The summed E-state index contributed by atoms with van der Waals surface area (Å²) in [4.78, 5) is -2.26. The average molecular weight is 449 g/mol. The Labute approximate surface area is 171 Å². The summed E-state index contributed by atoms with van der Waals surface area (Å²) in [6, 6.07) is 11.8. The van der Waals surface area contributed by atoms with E-state index < -0.39 is 35.6 Å². The zero-order chi connectivity index (χ0) is 22.1. The Morgan fingerprint density at radius 1 is 0.800 bits per heavy atom. The minimum Gasteiger partial charge on any atom is -0.397 e. The summed E-state index contributed by atoms with van der Waals surface area (Å²) in [5.74, 6) is 0. The molecule has 0 radical (unpaired) electrons. The average Bonchev–Trinajstić information content (AvgIpc) is 2.71. The fourth-order valence-corrected chi connectivity index (χ4v) is 5.02. The van der Waals surface area contributed by atoms with Crippen LogP contribution in [-0.4, -0.2) is 41.4 Å². The van der Waals surface area contributed by atoms with Gasteiger partial charge in [-0.25, -0.2) is 0 Å². The molecule has 0 aliphatic carbocycles. The summed E-state index contributed by atoms with van der Waals surface area (Å²) >= 11 is 0. The predicted octanol–water partition coefficient (Wildman–Crippen LogP) is 0.775. The summed E-state index contributed by atoms with van der Waals surface area (Å²) in [6.07, 6.45) is 1.18. The van der Waals surface area contributed by atoms with Gasteiger partial charge < -0.3 is 11.5 Å². The number of hydrogen-bond acceptors (Lipinski definition) is 9. The fraction of sp³-hybridized carbons (Fsp3) is 0. The molecule has 1 heterocycles. The zero-order valence-electron chi connectivity index (χ0n) is 15.0. The second-order valence-electron chi connectivity index (χ2n) is 5.97. The second-order valence-corrected chi connectivity index (χ2v) is 8.69. The van der Waals surface area contributed by atoms with E-state index in [1.807, 2.05) is 0 Å². The number of rotatable bonds is 5. The molecular formula is C17H15N5O6S2. The third-order valence-electron chi connectivity index (χ3n) is 4.07. The molecule has 0 aliphatic rings. The number of nitrogens with two attached hydrogens (primary N) is 2. The van der Waals surface area contributed by atoms with E-state index in [4.69, 9.17) is 11.5 Å². The lowest BCUT2D eigenvalue weighted by molar-refractivity contribution is 0.466. The van der Waals surface area contributed by atoms with Crippen LogP contribution in [0.5, 0.6) is 0 Å². The Hall–Kier alpha value is -3.39. The normalized spacial score (nSPS) is 13.0. The molecule has 11 nitrogen and oxygen atoms in total. The van der Waals surface area contributed by atoms with Gasteiger partial charge in [-0.05, 0) is 16.8 Å². The van der Waals surface area contributed by atoms with E-state index in [0.29, 0.717) is 5.56 Å². The van der Waals surface area contributed by atoms with Crippen LogP contribution in [-0.2, 0) is 20.2 Å². The summed E-state index contributed by atoms with van der Waals surface area (Å²) in [6.45, 7) is 0. The molecule has 0 saturated heterocycles. The lowest BCUT2D eigenvalue weighted by atomic mass is 10.0. The van der Waals surface area contributed by atoms with E-state index in [1.54, 1.807) is 30.3 Å². The van der Waals surface area contributed by atoms with E-state index in [-0.39, 0.29) is 22.7 Å². The molecule has 0 unspecified atom stereocenters. The first-order valence-corrected chi connectivity index (χ1v) is 11.0. The Kier molecular flexibility index (Phi) is 5.54. The first-order valence-electron chi connectivity index (χ1n) is 8.09. The monoisotopic (exact) mass is 449 g/mol. The van der Waals surface area contributed by atoms with Crippen LogP contribution in [0.3, 0.4) is 0 Å². The molecule has 2 aromatic carbocycles.